The summed E-state index contributed by atoms with van der Waals surface area (Å²) in [5, 5.41) is 21.5. The van der Waals surface area contributed by atoms with Gasteiger partial charge >= 0.3 is 5.97 Å². The van der Waals surface area contributed by atoms with Gasteiger partial charge in [0.1, 0.15) is 5.82 Å². The number of carboxylic acids is 1. The fraction of sp³-hybridized carbons (Fsp3) is 0.538. The molecule has 1 saturated carbocycles. The predicted molar refractivity (Wildman–Crippen MR) is 67.8 cm³/mol. The van der Waals surface area contributed by atoms with Crippen LogP contribution in [0.4, 0.5) is 5.82 Å². The van der Waals surface area contributed by atoms with E-state index >= 15 is 0 Å². The summed E-state index contributed by atoms with van der Waals surface area (Å²) < 4.78 is 0. The number of nitrogens with one attached hydrogen (secondary N) is 1. The molecular weight excluding hydrogens is 232 g/mol. The highest BCUT2D eigenvalue weighted by molar-refractivity contribution is 5.89. The van der Waals surface area contributed by atoms with Crippen molar-refractivity contribution in [2.24, 2.45) is 5.92 Å². The van der Waals surface area contributed by atoms with Gasteiger partial charge in [0, 0.05) is 18.6 Å². The second-order valence-corrected chi connectivity index (χ2v) is 4.76. The molecule has 0 spiro atoms. The number of rotatable bonds is 4. The minimum Gasteiger partial charge on any atom is -0.478 e. The van der Waals surface area contributed by atoms with E-state index in [0.29, 0.717) is 11.5 Å². The number of hydrogen-bond donors (Lipinski definition) is 3. The molecule has 1 aromatic heterocycles. The van der Waals surface area contributed by atoms with Gasteiger partial charge in [0.25, 0.3) is 0 Å². The quantitative estimate of drug-likeness (QED) is 0.757. The Morgan fingerprint density at radius 2 is 2.28 bits per heavy atom. The van der Waals surface area contributed by atoms with E-state index < -0.39 is 5.97 Å². The molecule has 1 heterocycles. The Morgan fingerprint density at radius 3 is 2.89 bits per heavy atom. The summed E-state index contributed by atoms with van der Waals surface area (Å²) >= 11 is 0. The number of anilines is 1. The molecule has 2 unspecified atom stereocenters. The van der Waals surface area contributed by atoms with Crippen molar-refractivity contribution in [3.05, 3.63) is 23.4 Å². The van der Waals surface area contributed by atoms with Crippen molar-refractivity contribution in [3.63, 3.8) is 0 Å². The molecular formula is C13H18N2O3. The lowest BCUT2D eigenvalue weighted by atomic mass is 10.1. The summed E-state index contributed by atoms with van der Waals surface area (Å²) in [5.74, 6) is -0.00485. The molecule has 1 aliphatic carbocycles. The zero-order valence-corrected chi connectivity index (χ0v) is 10.4. The first-order chi connectivity index (χ1) is 8.61. The Balaban J connectivity index is 2.10. The van der Waals surface area contributed by atoms with Gasteiger partial charge in [0.15, 0.2) is 0 Å². The van der Waals surface area contributed by atoms with Crippen LogP contribution >= 0.6 is 0 Å². The van der Waals surface area contributed by atoms with E-state index in [0.717, 1.165) is 19.3 Å². The second kappa shape index (κ2) is 5.35. The number of aliphatic hydroxyl groups excluding tert-OH is 1. The highest BCUT2D eigenvalue weighted by atomic mass is 16.4. The van der Waals surface area contributed by atoms with Gasteiger partial charge < -0.3 is 15.5 Å². The Labute approximate surface area is 106 Å². The normalized spacial score (nSPS) is 23.0. The third kappa shape index (κ3) is 2.61. The molecule has 0 amide bonds. The number of nitrogens with zero attached hydrogens (tertiary/aromatic N) is 1. The van der Waals surface area contributed by atoms with Gasteiger partial charge in [-0.25, -0.2) is 9.78 Å². The number of aromatic nitrogens is 1. The smallest absolute Gasteiger partial charge is 0.337 e. The van der Waals surface area contributed by atoms with Crippen LogP contribution in [-0.4, -0.2) is 33.8 Å². The molecule has 0 aromatic carbocycles. The molecule has 5 heteroatoms. The molecule has 1 fully saturated rings. The molecule has 2 atom stereocenters. The first-order valence-electron chi connectivity index (χ1n) is 6.20. The number of carboxylic acid groups (broad SMARTS) is 1. The SMILES string of the molecule is Cc1nc(NC2CCCC2CO)ccc1C(=O)O. The average Bonchev–Trinajstić information content (AvgIpc) is 2.76. The van der Waals surface area contributed by atoms with E-state index in [9.17, 15) is 9.90 Å². The number of pyridine rings is 1. The Bertz CT molecular complexity index is 448. The molecule has 0 radical (unpaired) electrons. The largest absolute Gasteiger partial charge is 0.478 e. The summed E-state index contributed by atoms with van der Waals surface area (Å²) in [6, 6.07) is 3.48. The number of aromatic carboxylic acids is 1. The predicted octanol–water partition coefficient (Wildman–Crippen LogP) is 1.66. The van der Waals surface area contributed by atoms with Crippen LogP contribution in [0.5, 0.6) is 0 Å². The van der Waals surface area contributed by atoms with E-state index in [1.165, 1.54) is 0 Å². The Hall–Kier alpha value is -1.62. The monoisotopic (exact) mass is 250 g/mol. The third-order valence-corrected chi connectivity index (χ3v) is 3.54. The average molecular weight is 250 g/mol. The fourth-order valence-electron chi connectivity index (χ4n) is 2.50. The summed E-state index contributed by atoms with van der Waals surface area (Å²) in [4.78, 5) is 15.1. The van der Waals surface area contributed by atoms with Crippen LogP contribution in [0.15, 0.2) is 12.1 Å². The number of aliphatic hydroxyl groups is 1. The Kier molecular flexibility index (Phi) is 3.81. The van der Waals surface area contributed by atoms with E-state index in [1.54, 1.807) is 19.1 Å². The maximum atomic E-state index is 10.9. The lowest BCUT2D eigenvalue weighted by molar-refractivity contribution is 0.0695. The molecule has 2 rings (SSSR count). The van der Waals surface area contributed by atoms with Crippen molar-refractivity contribution in [2.45, 2.75) is 32.2 Å². The van der Waals surface area contributed by atoms with E-state index in [4.69, 9.17) is 5.11 Å². The number of hydrogen-bond acceptors (Lipinski definition) is 4. The molecule has 98 valence electrons. The zero-order valence-electron chi connectivity index (χ0n) is 10.4. The summed E-state index contributed by atoms with van der Waals surface area (Å²) in [7, 11) is 0. The van der Waals surface area contributed by atoms with Crippen molar-refractivity contribution in [2.75, 3.05) is 11.9 Å². The minimum atomic E-state index is -0.958. The zero-order chi connectivity index (χ0) is 13.1. The van der Waals surface area contributed by atoms with E-state index in [1.807, 2.05) is 0 Å². The first kappa shape index (κ1) is 12.8. The van der Waals surface area contributed by atoms with Crippen LogP contribution in [0, 0.1) is 12.8 Å². The topological polar surface area (TPSA) is 82.5 Å². The van der Waals surface area contributed by atoms with Crippen LogP contribution < -0.4 is 5.32 Å². The summed E-state index contributed by atoms with van der Waals surface area (Å²) in [5.41, 5.74) is 0.733. The highest BCUT2D eigenvalue weighted by Gasteiger charge is 2.26. The van der Waals surface area contributed by atoms with Crippen LogP contribution in [0.1, 0.15) is 35.3 Å². The minimum absolute atomic E-state index is 0.184. The van der Waals surface area contributed by atoms with Gasteiger partial charge in [0.05, 0.1) is 11.3 Å². The van der Waals surface area contributed by atoms with Gasteiger partial charge in [-0.05, 0) is 31.9 Å². The van der Waals surface area contributed by atoms with Crippen LogP contribution in [-0.2, 0) is 0 Å². The molecule has 3 N–H and O–H groups in total. The molecule has 1 aliphatic rings. The van der Waals surface area contributed by atoms with Crippen molar-refractivity contribution in [3.8, 4) is 0 Å². The standard InChI is InChI=1S/C13H18N2O3/c1-8-10(13(17)18)5-6-12(14-8)15-11-4-2-3-9(11)7-16/h5-6,9,11,16H,2-4,7H2,1H3,(H,14,15)(H,17,18). The van der Waals surface area contributed by atoms with Crippen molar-refractivity contribution in [1.29, 1.82) is 0 Å². The van der Waals surface area contributed by atoms with Crippen molar-refractivity contribution < 1.29 is 15.0 Å². The van der Waals surface area contributed by atoms with Gasteiger partial charge in [-0.15, -0.1) is 0 Å². The second-order valence-electron chi connectivity index (χ2n) is 4.76. The lowest BCUT2D eigenvalue weighted by Crippen LogP contribution is -2.27. The third-order valence-electron chi connectivity index (χ3n) is 3.54. The molecule has 0 saturated heterocycles. The number of carbonyl (C=O) groups is 1. The first-order valence-corrected chi connectivity index (χ1v) is 6.20. The maximum Gasteiger partial charge on any atom is 0.337 e. The maximum absolute atomic E-state index is 10.9. The van der Waals surface area contributed by atoms with Gasteiger partial charge in [-0.2, -0.15) is 0 Å². The fourth-order valence-corrected chi connectivity index (χ4v) is 2.50. The van der Waals surface area contributed by atoms with Crippen LogP contribution in [0.3, 0.4) is 0 Å². The summed E-state index contributed by atoms with van der Waals surface area (Å²) in [6.07, 6.45) is 3.15. The summed E-state index contributed by atoms with van der Waals surface area (Å²) in [6.45, 7) is 1.87. The van der Waals surface area contributed by atoms with Crippen molar-refractivity contribution >= 4 is 11.8 Å². The van der Waals surface area contributed by atoms with Crippen LogP contribution in [0.25, 0.3) is 0 Å². The highest BCUT2D eigenvalue weighted by Crippen LogP contribution is 2.27. The van der Waals surface area contributed by atoms with Crippen LogP contribution in [0.2, 0.25) is 0 Å². The molecule has 5 nitrogen and oxygen atoms in total. The molecule has 0 aliphatic heterocycles. The molecule has 18 heavy (non-hydrogen) atoms. The Morgan fingerprint density at radius 1 is 1.50 bits per heavy atom. The number of aryl methyl sites for hydroxylation is 1. The van der Waals surface area contributed by atoms with Gasteiger partial charge in [0.2, 0.25) is 0 Å². The van der Waals surface area contributed by atoms with Gasteiger partial charge in [-0.1, -0.05) is 6.42 Å². The van der Waals surface area contributed by atoms with E-state index in [2.05, 4.69) is 10.3 Å². The van der Waals surface area contributed by atoms with Crippen molar-refractivity contribution in [1.82, 2.24) is 4.98 Å². The molecule has 0 bridgehead atoms. The van der Waals surface area contributed by atoms with E-state index in [-0.39, 0.29) is 24.1 Å². The van der Waals surface area contributed by atoms with Gasteiger partial charge in [-0.3, -0.25) is 0 Å². The molecule has 1 aromatic rings. The lowest BCUT2D eigenvalue weighted by Gasteiger charge is -2.20.